The van der Waals surface area contributed by atoms with Gasteiger partial charge in [-0.2, -0.15) is 0 Å². The van der Waals surface area contributed by atoms with Gasteiger partial charge in [0.15, 0.2) is 0 Å². The first-order chi connectivity index (χ1) is 13.1. The summed E-state index contributed by atoms with van der Waals surface area (Å²) in [6.45, 7) is 5.37. The molecule has 0 aliphatic carbocycles. The van der Waals surface area contributed by atoms with Crippen LogP contribution in [0.5, 0.6) is 0 Å². The van der Waals surface area contributed by atoms with Gasteiger partial charge in [-0.1, -0.05) is 6.07 Å². The molecule has 1 aromatic heterocycles. The van der Waals surface area contributed by atoms with Crippen LogP contribution in [0.1, 0.15) is 45.2 Å². The number of carbonyl (C=O) groups is 3. The molecular formula is C20H23N3O5. The number of piperidine rings is 1. The second-order valence-corrected chi connectivity index (χ2v) is 7.79. The fourth-order valence-electron chi connectivity index (χ4n) is 3.21. The molecular weight excluding hydrogens is 362 g/mol. The number of hydrogen-bond acceptors (Lipinski definition) is 5. The number of aryl methyl sites for hydroxylation is 1. The Morgan fingerprint density at radius 1 is 1.21 bits per heavy atom. The van der Waals surface area contributed by atoms with Crippen LogP contribution in [0, 0.1) is 0 Å². The number of nitrogens with one attached hydrogen (secondary N) is 1. The van der Waals surface area contributed by atoms with E-state index >= 15 is 0 Å². The molecule has 1 saturated heterocycles. The number of amides is 2. The van der Waals surface area contributed by atoms with E-state index in [0.717, 1.165) is 5.56 Å². The van der Waals surface area contributed by atoms with Crippen molar-refractivity contribution >= 4 is 34.9 Å². The van der Waals surface area contributed by atoms with Gasteiger partial charge >= 0.3 is 11.7 Å². The van der Waals surface area contributed by atoms with Gasteiger partial charge in [0.1, 0.15) is 11.6 Å². The minimum Gasteiger partial charge on any atom is -0.457 e. The van der Waals surface area contributed by atoms with Gasteiger partial charge in [-0.3, -0.25) is 24.0 Å². The van der Waals surface area contributed by atoms with Crippen molar-refractivity contribution in [3.05, 3.63) is 40.3 Å². The van der Waals surface area contributed by atoms with Crippen LogP contribution >= 0.6 is 0 Å². The van der Waals surface area contributed by atoms with Crippen LogP contribution in [0.2, 0.25) is 0 Å². The molecule has 8 heteroatoms. The average molecular weight is 385 g/mol. The van der Waals surface area contributed by atoms with Crippen molar-refractivity contribution in [2.75, 3.05) is 0 Å². The summed E-state index contributed by atoms with van der Waals surface area (Å²) in [6.07, 6.45) is 3.42. The molecule has 2 heterocycles. The number of imidazole rings is 1. The highest BCUT2D eigenvalue weighted by Crippen LogP contribution is 2.24. The number of nitrogens with zero attached hydrogens (tertiary/aromatic N) is 2. The van der Waals surface area contributed by atoms with Crippen molar-refractivity contribution in [1.29, 1.82) is 0 Å². The van der Waals surface area contributed by atoms with Crippen LogP contribution in [0.25, 0.3) is 17.1 Å². The molecule has 0 bridgehead atoms. The zero-order chi connectivity index (χ0) is 20.6. The quantitative estimate of drug-likeness (QED) is 0.492. The van der Waals surface area contributed by atoms with Crippen molar-refractivity contribution in [2.45, 2.75) is 45.3 Å². The first kappa shape index (κ1) is 19.6. The van der Waals surface area contributed by atoms with E-state index < -0.39 is 23.5 Å². The molecule has 0 radical (unpaired) electrons. The number of aromatic nitrogens is 2. The number of benzene rings is 1. The second-order valence-electron chi connectivity index (χ2n) is 7.79. The summed E-state index contributed by atoms with van der Waals surface area (Å²) in [6, 6.07) is 4.53. The Labute approximate surface area is 161 Å². The standard InChI is InChI=1S/C20H23N3O5/c1-20(2,3)28-17(25)10-6-12-5-7-13-15(11-12)22(4)19(27)23(13)14-8-9-16(24)21-18(14)26/h5-7,10-11,14H,8-9H2,1-4H3,(H,21,24,26)/b10-6+. The maximum Gasteiger partial charge on any atom is 0.331 e. The molecule has 1 aliphatic heterocycles. The van der Waals surface area contributed by atoms with Gasteiger partial charge in [0.2, 0.25) is 11.8 Å². The van der Waals surface area contributed by atoms with E-state index in [1.54, 1.807) is 52.1 Å². The van der Waals surface area contributed by atoms with Gasteiger partial charge in [-0.15, -0.1) is 0 Å². The molecule has 8 nitrogen and oxygen atoms in total. The normalized spacial score (nSPS) is 17.9. The zero-order valence-electron chi connectivity index (χ0n) is 16.3. The topological polar surface area (TPSA) is 99.4 Å². The number of rotatable bonds is 3. The molecule has 1 unspecified atom stereocenters. The Bertz CT molecular complexity index is 1050. The summed E-state index contributed by atoms with van der Waals surface area (Å²) < 4.78 is 8.10. The van der Waals surface area contributed by atoms with E-state index in [9.17, 15) is 19.2 Å². The fraction of sp³-hybridized carbons (Fsp3) is 0.400. The van der Waals surface area contributed by atoms with E-state index in [1.165, 1.54) is 15.2 Å². The predicted molar refractivity (Wildman–Crippen MR) is 103 cm³/mol. The summed E-state index contributed by atoms with van der Waals surface area (Å²) in [4.78, 5) is 48.2. The minimum absolute atomic E-state index is 0.190. The SMILES string of the molecule is Cn1c(=O)n(C2CCC(=O)NC2=O)c2ccc(/C=C/C(=O)OC(C)(C)C)cc21. The number of ether oxygens (including phenoxy) is 1. The number of fused-ring (bicyclic) bond motifs is 1. The largest absolute Gasteiger partial charge is 0.457 e. The molecule has 1 aromatic carbocycles. The van der Waals surface area contributed by atoms with E-state index in [-0.39, 0.29) is 24.4 Å². The highest BCUT2D eigenvalue weighted by atomic mass is 16.6. The van der Waals surface area contributed by atoms with Gasteiger partial charge < -0.3 is 4.74 Å². The molecule has 0 saturated carbocycles. The molecule has 28 heavy (non-hydrogen) atoms. The maximum absolute atomic E-state index is 12.7. The smallest absolute Gasteiger partial charge is 0.331 e. The third-order valence-corrected chi connectivity index (χ3v) is 4.45. The van der Waals surface area contributed by atoms with Gasteiger partial charge in [-0.25, -0.2) is 9.59 Å². The maximum atomic E-state index is 12.7. The first-order valence-corrected chi connectivity index (χ1v) is 9.02. The van der Waals surface area contributed by atoms with Crippen LogP contribution < -0.4 is 11.0 Å². The van der Waals surface area contributed by atoms with Crippen LogP contribution in [-0.2, 0) is 26.2 Å². The van der Waals surface area contributed by atoms with Crippen molar-refractivity contribution in [2.24, 2.45) is 7.05 Å². The van der Waals surface area contributed by atoms with Gasteiger partial charge in [0, 0.05) is 19.5 Å². The lowest BCUT2D eigenvalue weighted by Crippen LogP contribution is -2.44. The van der Waals surface area contributed by atoms with Crippen molar-refractivity contribution < 1.29 is 19.1 Å². The number of imide groups is 1. The molecule has 148 valence electrons. The monoisotopic (exact) mass is 385 g/mol. The van der Waals surface area contributed by atoms with Crippen LogP contribution in [0.15, 0.2) is 29.1 Å². The zero-order valence-corrected chi connectivity index (χ0v) is 16.3. The Morgan fingerprint density at radius 2 is 1.93 bits per heavy atom. The molecule has 1 aliphatic rings. The van der Waals surface area contributed by atoms with Gasteiger partial charge in [0.05, 0.1) is 11.0 Å². The Hall–Kier alpha value is -3.16. The van der Waals surface area contributed by atoms with Crippen molar-refractivity contribution in [3.8, 4) is 0 Å². The number of esters is 1. The molecule has 1 fully saturated rings. The molecule has 1 atom stereocenters. The Kier molecular flexibility index (Phi) is 4.97. The Balaban J connectivity index is 1.95. The van der Waals surface area contributed by atoms with Crippen LogP contribution in [0.4, 0.5) is 0 Å². The number of carbonyl (C=O) groups excluding carboxylic acids is 3. The Morgan fingerprint density at radius 3 is 2.57 bits per heavy atom. The average Bonchev–Trinajstić information content (AvgIpc) is 2.83. The summed E-state index contributed by atoms with van der Waals surface area (Å²) in [5.41, 5.74) is 1.03. The first-order valence-electron chi connectivity index (χ1n) is 9.02. The third-order valence-electron chi connectivity index (χ3n) is 4.45. The summed E-state index contributed by atoms with van der Waals surface area (Å²) in [5, 5.41) is 2.28. The van der Waals surface area contributed by atoms with Gasteiger partial charge in [0.25, 0.3) is 0 Å². The summed E-state index contributed by atoms with van der Waals surface area (Å²) >= 11 is 0. The predicted octanol–water partition coefficient (Wildman–Crippen LogP) is 1.67. The third kappa shape index (κ3) is 3.90. The lowest BCUT2D eigenvalue weighted by atomic mass is 10.1. The van der Waals surface area contributed by atoms with E-state index in [1.807, 2.05) is 0 Å². The van der Waals surface area contributed by atoms with Crippen molar-refractivity contribution in [1.82, 2.24) is 14.5 Å². The second kappa shape index (κ2) is 7.10. The molecule has 3 rings (SSSR count). The molecule has 1 N–H and O–H groups in total. The highest BCUT2D eigenvalue weighted by molar-refractivity contribution is 6.00. The lowest BCUT2D eigenvalue weighted by Gasteiger charge is -2.21. The molecule has 2 aromatic rings. The lowest BCUT2D eigenvalue weighted by molar-refractivity contribution is -0.148. The van der Waals surface area contributed by atoms with Crippen LogP contribution in [0.3, 0.4) is 0 Å². The highest BCUT2D eigenvalue weighted by Gasteiger charge is 2.31. The van der Waals surface area contributed by atoms with Gasteiger partial charge in [-0.05, 0) is 51.0 Å². The van der Waals surface area contributed by atoms with Crippen LogP contribution in [-0.4, -0.2) is 32.5 Å². The molecule has 0 spiro atoms. The fourth-order valence-corrected chi connectivity index (χ4v) is 3.21. The van der Waals surface area contributed by atoms with E-state index in [0.29, 0.717) is 11.0 Å². The van der Waals surface area contributed by atoms with E-state index in [2.05, 4.69) is 5.32 Å². The van der Waals surface area contributed by atoms with Crippen molar-refractivity contribution in [3.63, 3.8) is 0 Å². The summed E-state index contributed by atoms with van der Waals surface area (Å²) in [7, 11) is 1.62. The summed E-state index contributed by atoms with van der Waals surface area (Å²) in [5.74, 6) is -1.26. The number of hydrogen-bond donors (Lipinski definition) is 1. The van der Waals surface area contributed by atoms with E-state index in [4.69, 9.17) is 4.74 Å². The molecule has 2 amide bonds. The minimum atomic E-state index is -0.725.